The van der Waals surface area contributed by atoms with Crippen LogP contribution in [0.2, 0.25) is 0 Å². The summed E-state index contributed by atoms with van der Waals surface area (Å²) < 4.78 is 12.9. The summed E-state index contributed by atoms with van der Waals surface area (Å²) in [6.45, 7) is 0. The first-order valence-corrected chi connectivity index (χ1v) is 5.18. The second-order valence-electron chi connectivity index (χ2n) is 3.54. The Kier molecular flexibility index (Phi) is 3.49. The molecule has 0 aliphatic rings. The van der Waals surface area contributed by atoms with Gasteiger partial charge in [-0.15, -0.1) is 0 Å². The first-order chi connectivity index (χ1) is 8.69. The third-order valence-corrected chi connectivity index (χ3v) is 2.26. The predicted octanol–water partition coefficient (Wildman–Crippen LogP) is 1.76. The lowest BCUT2D eigenvalue weighted by molar-refractivity contribution is 0.102. The van der Waals surface area contributed by atoms with Gasteiger partial charge in [0.2, 0.25) is 0 Å². The second kappa shape index (κ2) is 5.24. The van der Waals surface area contributed by atoms with E-state index < -0.39 is 5.82 Å². The van der Waals surface area contributed by atoms with Crippen molar-refractivity contribution in [3.63, 3.8) is 0 Å². The molecular weight excluding hydrogens is 235 g/mol. The highest BCUT2D eigenvalue weighted by atomic mass is 19.1. The molecule has 0 aliphatic heterocycles. The van der Waals surface area contributed by atoms with Gasteiger partial charge in [-0.25, -0.2) is 15.2 Å². The number of hydrogen-bond acceptors (Lipinski definition) is 4. The van der Waals surface area contributed by atoms with Crippen molar-refractivity contribution in [2.75, 3.05) is 10.7 Å². The standard InChI is InChI=1S/C12H11FN4O/c13-9-2-1-3-10(6-9)16-12(18)8-4-5-11(17-14)15-7-8/h1-7H,14H2,(H,15,17)(H,16,18). The van der Waals surface area contributed by atoms with E-state index in [0.717, 1.165) is 0 Å². The highest BCUT2D eigenvalue weighted by molar-refractivity contribution is 6.04. The number of nitrogen functional groups attached to an aromatic ring is 1. The first-order valence-electron chi connectivity index (χ1n) is 5.18. The number of anilines is 2. The molecule has 0 fully saturated rings. The number of benzene rings is 1. The summed E-state index contributed by atoms with van der Waals surface area (Å²) in [5, 5.41) is 2.57. The van der Waals surface area contributed by atoms with Gasteiger partial charge in [0.15, 0.2) is 0 Å². The minimum absolute atomic E-state index is 0.360. The van der Waals surface area contributed by atoms with Crippen LogP contribution >= 0.6 is 0 Å². The Morgan fingerprint density at radius 3 is 2.72 bits per heavy atom. The van der Waals surface area contributed by atoms with E-state index in [1.165, 1.54) is 24.4 Å². The van der Waals surface area contributed by atoms with E-state index in [2.05, 4.69) is 15.7 Å². The summed E-state index contributed by atoms with van der Waals surface area (Å²) in [4.78, 5) is 15.7. The summed E-state index contributed by atoms with van der Waals surface area (Å²) in [5.41, 5.74) is 3.11. The Hall–Kier alpha value is -2.47. The zero-order chi connectivity index (χ0) is 13.0. The normalized spacial score (nSPS) is 9.89. The molecule has 0 radical (unpaired) electrons. The highest BCUT2D eigenvalue weighted by Gasteiger charge is 2.06. The zero-order valence-electron chi connectivity index (χ0n) is 9.35. The zero-order valence-corrected chi connectivity index (χ0v) is 9.35. The van der Waals surface area contributed by atoms with E-state index in [4.69, 9.17) is 5.84 Å². The number of carbonyl (C=O) groups is 1. The molecule has 1 aromatic heterocycles. The van der Waals surface area contributed by atoms with Crippen LogP contribution in [0.25, 0.3) is 0 Å². The molecule has 1 aromatic carbocycles. The molecule has 1 heterocycles. The highest BCUT2D eigenvalue weighted by Crippen LogP contribution is 2.11. The minimum Gasteiger partial charge on any atom is -0.322 e. The molecule has 0 spiro atoms. The van der Waals surface area contributed by atoms with Gasteiger partial charge in [-0.1, -0.05) is 6.07 Å². The molecule has 18 heavy (non-hydrogen) atoms. The first kappa shape index (κ1) is 12.0. The van der Waals surface area contributed by atoms with Gasteiger partial charge in [-0.2, -0.15) is 0 Å². The van der Waals surface area contributed by atoms with Crippen molar-refractivity contribution >= 4 is 17.4 Å². The SMILES string of the molecule is NNc1ccc(C(=O)Nc2cccc(F)c2)cn1. The van der Waals surface area contributed by atoms with E-state index >= 15 is 0 Å². The lowest BCUT2D eigenvalue weighted by Crippen LogP contribution is -2.13. The monoisotopic (exact) mass is 246 g/mol. The van der Waals surface area contributed by atoms with Gasteiger partial charge in [-0.3, -0.25) is 4.79 Å². The number of nitrogens with one attached hydrogen (secondary N) is 2. The molecular formula is C12H11FN4O. The number of carbonyl (C=O) groups excluding carboxylic acids is 1. The molecule has 0 aliphatic carbocycles. The molecule has 0 atom stereocenters. The summed E-state index contributed by atoms with van der Waals surface area (Å²) >= 11 is 0. The van der Waals surface area contributed by atoms with Crippen molar-refractivity contribution < 1.29 is 9.18 Å². The number of nitrogens with two attached hydrogens (primary N) is 1. The molecule has 0 unspecified atom stereocenters. The molecule has 4 N–H and O–H groups in total. The van der Waals surface area contributed by atoms with Crippen LogP contribution in [-0.2, 0) is 0 Å². The van der Waals surface area contributed by atoms with Gasteiger partial charge < -0.3 is 10.7 Å². The van der Waals surface area contributed by atoms with Gasteiger partial charge in [0, 0.05) is 11.9 Å². The molecule has 1 amide bonds. The van der Waals surface area contributed by atoms with E-state index in [9.17, 15) is 9.18 Å². The van der Waals surface area contributed by atoms with E-state index in [0.29, 0.717) is 17.1 Å². The van der Waals surface area contributed by atoms with Gasteiger partial charge >= 0.3 is 0 Å². The van der Waals surface area contributed by atoms with Crippen LogP contribution in [0.15, 0.2) is 42.6 Å². The Morgan fingerprint density at radius 1 is 1.28 bits per heavy atom. The lowest BCUT2D eigenvalue weighted by atomic mass is 10.2. The molecule has 92 valence electrons. The van der Waals surface area contributed by atoms with Crippen LogP contribution in [0.3, 0.4) is 0 Å². The number of rotatable bonds is 3. The van der Waals surface area contributed by atoms with Crippen molar-refractivity contribution in [2.24, 2.45) is 5.84 Å². The van der Waals surface area contributed by atoms with Crippen molar-refractivity contribution in [1.82, 2.24) is 4.98 Å². The van der Waals surface area contributed by atoms with E-state index in [1.54, 1.807) is 18.2 Å². The van der Waals surface area contributed by atoms with Crippen LogP contribution in [0.5, 0.6) is 0 Å². The largest absolute Gasteiger partial charge is 0.322 e. The van der Waals surface area contributed by atoms with Crippen LogP contribution in [0.1, 0.15) is 10.4 Å². The maximum Gasteiger partial charge on any atom is 0.257 e. The fourth-order valence-corrected chi connectivity index (χ4v) is 1.38. The van der Waals surface area contributed by atoms with Crippen LogP contribution in [0.4, 0.5) is 15.9 Å². The molecule has 0 saturated carbocycles. The number of pyridine rings is 1. The number of hydrogen-bond donors (Lipinski definition) is 3. The molecule has 2 rings (SSSR count). The Balaban J connectivity index is 2.11. The average Bonchev–Trinajstić information content (AvgIpc) is 2.39. The van der Waals surface area contributed by atoms with Crippen molar-refractivity contribution in [3.8, 4) is 0 Å². The third kappa shape index (κ3) is 2.80. The van der Waals surface area contributed by atoms with Gasteiger partial charge in [0.1, 0.15) is 11.6 Å². The molecule has 2 aromatic rings. The number of aromatic nitrogens is 1. The smallest absolute Gasteiger partial charge is 0.257 e. The Morgan fingerprint density at radius 2 is 2.11 bits per heavy atom. The van der Waals surface area contributed by atoms with Crippen LogP contribution in [-0.4, -0.2) is 10.9 Å². The van der Waals surface area contributed by atoms with Crippen LogP contribution < -0.4 is 16.6 Å². The fourth-order valence-electron chi connectivity index (χ4n) is 1.38. The number of halogens is 1. The van der Waals surface area contributed by atoms with Crippen molar-refractivity contribution in [3.05, 3.63) is 54.0 Å². The lowest BCUT2D eigenvalue weighted by Gasteiger charge is -2.05. The molecule has 6 heteroatoms. The van der Waals surface area contributed by atoms with Gasteiger partial charge in [0.05, 0.1) is 5.56 Å². The molecule has 5 nitrogen and oxygen atoms in total. The summed E-state index contributed by atoms with van der Waals surface area (Å²) in [5.74, 6) is 4.84. The number of hydrazine groups is 1. The van der Waals surface area contributed by atoms with Crippen molar-refractivity contribution in [1.29, 1.82) is 0 Å². The molecule has 0 saturated heterocycles. The maximum atomic E-state index is 12.9. The fraction of sp³-hybridized carbons (Fsp3) is 0. The maximum absolute atomic E-state index is 12.9. The van der Waals surface area contributed by atoms with Crippen molar-refractivity contribution in [2.45, 2.75) is 0 Å². The number of amides is 1. The summed E-state index contributed by atoms with van der Waals surface area (Å²) in [7, 11) is 0. The van der Waals surface area contributed by atoms with E-state index in [-0.39, 0.29) is 5.91 Å². The second-order valence-corrected chi connectivity index (χ2v) is 3.54. The molecule has 0 bridgehead atoms. The van der Waals surface area contributed by atoms with Gasteiger partial charge in [-0.05, 0) is 30.3 Å². The predicted molar refractivity (Wildman–Crippen MR) is 66.4 cm³/mol. The minimum atomic E-state index is -0.409. The Bertz CT molecular complexity index is 556. The van der Waals surface area contributed by atoms with Crippen LogP contribution in [0, 0.1) is 5.82 Å². The summed E-state index contributed by atoms with van der Waals surface area (Å²) in [6.07, 6.45) is 1.38. The number of nitrogens with zero attached hydrogens (tertiary/aromatic N) is 1. The Labute approximate surface area is 103 Å². The average molecular weight is 246 g/mol. The summed E-state index contributed by atoms with van der Waals surface area (Å²) in [6, 6.07) is 8.80. The quantitative estimate of drug-likeness (QED) is 0.569. The topological polar surface area (TPSA) is 80.0 Å². The van der Waals surface area contributed by atoms with Gasteiger partial charge in [0.25, 0.3) is 5.91 Å². The third-order valence-electron chi connectivity index (χ3n) is 2.26. The van der Waals surface area contributed by atoms with E-state index in [1.807, 2.05) is 0 Å².